The topological polar surface area (TPSA) is 91.8 Å². The Hall–Kier alpha value is -2.43. The van der Waals surface area contributed by atoms with Gasteiger partial charge >= 0.3 is 0 Å². The Morgan fingerprint density at radius 1 is 1.34 bits per heavy atom. The number of hydrogen-bond acceptors (Lipinski definition) is 6. The van der Waals surface area contributed by atoms with Gasteiger partial charge < -0.3 is 11.1 Å². The third-order valence-corrected chi connectivity index (χ3v) is 8.59. The Labute approximate surface area is 197 Å². The number of amides is 1. The molecule has 0 saturated heterocycles. The molecule has 0 aromatic carbocycles. The second kappa shape index (κ2) is 8.49. The molecule has 0 radical (unpaired) electrons. The molecule has 168 valence electrons. The van der Waals surface area contributed by atoms with E-state index in [4.69, 9.17) is 10.7 Å². The van der Waals surface area contributed by atoms with Gasteiger partial charge in [0.25, 0.3) is 5.91 Å². The van der Waals surface area contributed by atoms with Gasteiger partial charge in [0.2, 0.25) is 0 Å². The van der Waals surface area contributed by atoms with E-state index in [1.54, 1.807) is 11.3 Å². The van der Waals surface area contributed by atoms with Crippen molar-refractivity contribution in [3.05, 3.63) is 38.7 Å². The molecule has 1 unspecified atom stereocenters. The molecule has 0 fully saturated rings. The maximum absolute atomic E-state index is 13.2. The lowest BCUT2D eigenvalue weighted by Gasteiger charge is -2.33. The predicted molar refractivity (Wildman–Crippen MR) is 135 cm³/mol. The summed E-state index contributed by atoms with van der Waals surface area (Å²) in [5, 5.41) is 14.3. The van der Waals surface area contributed by atoms with Crippen LogP contribution < -0.4 is 11.1 Å². The van der Waals surface area contributed by atoms with Gasteiger partial charge in [-0.3, -0.25) is 4.79 Å². The molecule has 3 aromatic heterocycles. The summed E-state index contributed by atoms with van der Waals surface area (Å²) in [5.41, 5.74) is 9.74. The first kappa shape index (κ1) is 22.8. The molecule has 7 heteroatoms. The number of thiophene rings is 2. The summed E-state index contributed by atoms with van der Waals surface area (Å²) in [6, 6.07) is 6.28. The molecule has 1 aliphatic carbocycles. The molecule has 5 nitrogen and oxygen atoms in total. The number of rotatable bonds is 4. The van der Waals surface area contributed by atoms with Gasteiger partial charge in [-0.15, -0.1) is 22.7 Å². The maximum Gasteiger partial charge on any atom is 0.268 e. The highest BCUT2D eigenvalue weighted by Gasteiger charge is 2.32. The van der Waals surface area contributed by atoms with Crippen molar-refractivity contribution < 1.29 is 4.79 Å². The highest BCUT2D eigenvalue weighted by molar-refractivity contribution is 7.21. The van der Waals surface area contributed by atoms with Crippen LogP contribution in [0.15, 0.2) is 12.1 Å². The molecule has 1 atom stereocenters. The van der Waals surface area contributed by atoms with Crippen LogP contribution in [0.1, 0.15) is 72.4 Å². The first-order valence-electron chi connectivity index (χ1n) is 11.1. The second-order valence-corrected chi connectivity index (χ2v) is 12.3. The van der Waals surface area contributed by atoms with Crippen LogP contribution in [0.4, 0.5) is 10.7 Å². The van der Waals surface area contributed by atoms with Crippen molar-refractivity contribution in [3.8, 4) is 6.07 Å². The maximum atomic E-state index is 13.2. The van der Waals surface area contributed by atoms with Crippen LogP contribution in [0.2, 0.25) is 0 Å². The first-order valence-corrected chi connectivity index (χ1v) is 12.8. The highest BCUT2D eigenvalue weighted by atomic mass is 32.1. The number of pyridine rings is 1. The van der Waals surface area contributed by atoms with Gasteiger partial charge in [-0.05, 0) is 60.6 Å². The SMILES string of the molecule is CC(C)Cc1ccc2c(N)c(C(=O)Nc3sc4c(c3C#N)CCC(C(C)(C)C)C4)sc2n1. The van der Waals surface area contributed by atoms with Crippen molar-refractivity contribution in [1.29, 1.82) is 5.26 Å². The molecule has 1 aliphatic rings. The Morgan fingerprint density at radius 2 is 2.09 bits per heavy atom. The van der Waals surface area contributed by atoms with Gasteiger partial charge in [0, 0.05) is 16.0 Å². The van der Waals surface area contributed by atoms with Gasteiger partial charge in [0.15, 0.2) is 0 Å². The van der Waals surface area contributed by atoms with E-state index < -0.39 is 0 Å². The van der Waals surface area contributed by atoms with E-state index in [1.807, 2.05) is 12.1 Å². The lowest BCUT2D eigenvalue weighted by atomic mass is 9.72. The van der Waals surface area contributed by atoms with Crippen LogP contribution in [-0.4, -0.2) is 10.9 Å². The molecule has 4 rings (SSSR count). The van der Waals surface area contributed by atoms with Crippen LogP contribution in [0.5, 0.6) is 0 Å². The second-order valence-electron chi connectivity index (χ2n) is 10.2. The average Bonchev–Trinajstić information content (AvgIpc) is 3.22. The van der Waals surface area contributed by atoms with E-state index >= 15 is 0 Å². The lowest BCUT2D eigenvalue weighted by molar-refractivity contribution is 0.103. The summed E-state index contributed by atoms with van der Waals surface area (Å²) in [6.45, 7) is 11.1. The number of fused-ring (bicyclic) bond motifs is 2. The minimum Gasteiger partial charge on any atom is -0.397 e. The van der Waals surface area contributed by atoms with Crippen molar-refractivity contribution in [2.45, 2.75) is 60.3 Å². The number of carbonyl (C=O) groups is 1. The fourth-order valence-corrected chi connectivity index (χ4v) is 6.71. The van der Waals surface area contributed by atoms with Crippen LogP contribution in [0, 0.1) is 28.6 Å². The quantitative estimate of drug-likeness (QED) is 0.464. The molecule has 0 spiro atoms. The molecule has 1 amide bonds. The summed E-state index contributed by atoms with van der Waals surface area (Å²) in [6.07, 6.45) is 3.81. The van der Waals surface area contributed by atoms with Crippen molar-refractivity contribution in [2.24, 2.45) is 17.3 Å². The van der Waals surface area contributed by atoms with Gasteiger partial charge in [-0.25, -0.2) is 4.98 Å². The zero-order chi connectivity index (χ0) is 23.2. The molecule has 3 aromatic rings. The predicted octanol–water partition coefficient (Wildman–Crippen LogP) is 6.41. The number of nitrogens with zero attached hydrogens (tertiary/aromatic N) is 2. The van der Waals surface area contributed by atoms with E-state index in [-0.39, 0.29) is 11.3 Å². The number of nitrogen functional groups attached to an aromatic ring is 1. The number of nitrogens with two attached hydrogens (primary N) is 1. The summed E-state index contributed by atoms with van der Waals surface area (Å²) in [7, 11) is 0. The van der Waals surface area contributed by atoms with E-state index in [0.29, 0.717) is 33.0 Å². The standard InChI is InChI=1S/C25H30N4OS2/c1-13(2)10-15-7-9-17-20(27)21(32-23(17)28-15)22(30)29-24-18(12-26)16-8-6-14(25(3,4)5)11-19(16)31-24/h7,9,13-14H,6,8,10-11,27H2,1-5H3,(H,29,30). The van der Waals surface area contributed by atoms with E-state index in [0.717, 1.165) is 47.2 Å². The monoisotopic (exact) mass is 466 g/mol. The zero-order valence-corrected chi connectivity index (χ0v) is 21.0. The van der Waals surface area contributed by atoms with Crippen molar-refractivity contribution in [2.75, 3.05) is 11.1 Å². The highest BCUT2D eigenvalue weighted by Crippen LogP contribution is 2.44. The summed E-state index contributed by atoms with van der Waals surface area (Å²) >= 11 is 2.86. The van der Waals surface area contributed by atoms with Crippen LogP contribution in [0.25, 0.3) is 10.2 Å². The molecule has 32 heavy (non-hydrogen) atoms. The minimum atomic E-state index is -0.265. The van der Waals surface area contributed by atoms with Crippen LogP contribution in [-0.2, 0) is 19.3 Å². The van der Waals surface area contributed by atoms with E-state index in [9.17, 15) is 10.1 Å². The Morgan fingerprint density at radius 3 is 2.75 bits per heavy atom. The lowest BCUT2D eigenvalue weighted by Crippen LogP contribution is -2.26. The molecular weight excluding hydrogens is 436 g/mol. The Bertz CT molecular complexity index is 1220. The fraction of sp³-hybridized carbons (Fsp3) is 0.480. The Kier molecular flexibility index (Phi) is 6.04. The summed E-state index contributed by atoms with van der Waals surface area (Å²) in [5.74, 6) is 0.818. The molecule has 3 N–H and O–H groups in total. The van der Waals surface area contributed by atoms with Crippen LogP contribution in [0.3, 0.4) is 0 Å². The molecule has 0 aliphatic heterocycles. The fourth-order valence-electron chi connectivity index (χ4n) is 4.43. The number of nitrogens with one attached hydrogen (secondary N) is 1. The van der Waals surface area contributed by atoms with E-state index in [1.165, 1.54) is 16.2 Å². The van der Waals surface area contributed by atoms with Gasteiger partial charge in [0.05, 0.1) is 11.3 Å². The van der Waals surface area contributed by atoms with Crippen molar-refractivity contribution in [3.63, 3.8) is 0 Å². The third-order valence-electron chi connectivity index (χ3n) is 6.30. The molecule has 3 heterocycles. The van der Waals surface area contributed by atoms with Gasteiger partial charge in [-0.2, -0.15) is 5.26 Å². The number of carbonyl (C=O) groups excluding carboxylic acids is 1. The number of aromatic nitrogens is 1. The minimum absolute atomic E-state index is 0.227. The number of nitriles is 1. The molecule has 0 saturated carbocycles. The largest absolute Gasteiger partial charge is 0.397 e. The van der Waals surface area contributed by atoms with Crippen molar-refractivity contribution >= 4 is 49.5 Å². The first-order chi connectivity index (χ1) is 15.1. The number of anilines is 2. The number of hydrogen-bond donors (Lipinski definition) is 2. The van der Waals surface area contributed by atoms with Gasteiger partial charge in [-0.1, -0.05) is 34.6 Å². The van der Waals surface area contributed by atoms with Gasteiger partial charge in [0.1, 0.15) is 20.8 Å². The molecular formula is C25H30N4OS2. The summed E-state index contributed by atoms with van der Waals surface area (Å²) < 4.78 is 0. The van der Waals surface area contributed by atoms with Crippen molar-refractivity contribution in [1.82, 2.24) is 4.98 Å². The average molecular weight is 467 g/mol. The van der Waals surface area contributed by atoms with Crippen LogP contribution >= 0.6 is 22.7 Å². The zero-order valence-electron chi connectivity index (χ0n) is 19.3. The Balaban J connectivity index is 1.62. The normalized spacial score (nSPS) is 16.2. The summed E-state index contributed by atoms with van der Waals surface area (Å²) in [4.78, 5) is 20.3. The van der Waals surface area contributed by atoms with E-state index in [2.05, 4.69) is 46.0 Å². The third kappa shape index (κ3) is 4.26. The smallest absolute Gasteiger partial charge is 0.268 e. The molecule has 0 bridgehead atoms.